The zero-order valence-electron chi connectivity index (χ0n) is 14.1. The van der Waals surface area contributed by atoms with Gasteiger partial charge in [-0.3, -0.25) is 4.79 Å². The molecule has 26 heavy (non-hydrogen) atoms. The molecule has 0 aliphatic heterocycles. The monoisotopic (exact) mass is 391 g/mol. The number of thioether (sulfide) groups is 1. The zero-order chi connectivity index (χ0) is 18.5. The smallest absolute Gasteiger partial charge is 0.233 e. The summed E-state index contributed by atoms with van der Waals surface area (Å²) in [7, 11) is 1.77. The number of amides is 1. The van der Waals surface area contributed by atoms with Crippen LogP contribution in [0.25, 0.3) is 0 Å². The molecule has 9 heteroatoms. The molecule has 0 radical (unpaired) electrons. The molecule has 0 fully saturated rings. The average molecular weight is 391 g/mol. The SMILES string of the molecule is CN(Cc1ccsc1)C(=O)CSc1nnc(Cc2ccc(F)cc2)n1N. The van der Waals surface area contributed by atoms with Crippen LogP contribution in [0.4, 0.5) is 4.39 Å². The standard InChI is InChI=1S/C17H18FN5OS2/c1-22(9-13-6-7-25-10-13)16(24)11-26-17-21-20-15(23(17)19)8-12-2-4-14(18)5-3-12/h2-7,10H,8-9,11,19H2,1H3. The van der Waals surface area contributed by atoms with Crippen LogP contribution in [0.1, 0.15) is 17.0 Å². The van der Waals surface area contributed by atoms with Gasteiger partial charge in [-0.15, -0.1) is 10.2 Å². The summed E-state index contributed by atoms with van der Waals surface area (Å²) in [5.41, 5.74) is 1.99. The summed E-state index contributed by atoms with van der Waals surface area (Å²) in [5.74, 6) is 6.51. The van der Waals surface area contributed by atoms with Crippen molar-refractivity contribution in [1.82, 2.24) is 19.8 Å². The number of thiophene rings is 1. The minimum atomic E-state index is -0.288. The third-order valence-electron chi connectivity index (χ3n) is 3.76. The summed E-state index contributed by atoms with van der Waals surface area (Å²) in [6.45, 7) is 0.577. The molecule has 0 saturated heterocycles. The van der Waals surface area contributed by atoms with Gasteiger partial charge in [0.1, 0.15) is 5.82 Å². The maximum atomic E-state index is 13.0. The third-order valence-corrected chi connectivity index (χ3v) is 5.42. The molecule has 2 N–H and O–H groups in total. The van der Waals surface area contributed by atoms with Crippen LogP contribution in [0.2, 0.25) is 0 Å². The van der Waals surface area contributed by atoms with Crippen LogP contribution in [0.15, 0.2) is 46.2 Å². The Bertz CT molecular complexity index is 864. The predicted octanol–water partition coefficient (Wildman–Crippen LogP) is 2.53. The van der Waals surface area contributed by atoms with Crippen molar-refractivity contribution in [1.29, 1.82) is 0 Å². The Morgan fingerprint density at radius 1 is 1.27 bits per heavy atom. The predicted molar refractivity (Wildman–Crippen MR) is 101 cm³/mol. The highest BCUT2D eigenvalue weighted by atomic mass is 32.2. The number of nitrogens with two attached hydrogens (primary N) is 1. The maximum absolute atomic E-state index is 13.0. The van der Waals surface area contributed by atoms with Crippen LogP contribution in [0.5, 0.6) is 0 Å². The molecule has 0 unspecified atom stereocenters. The number of rotatable bonds is 7. The Kier molecular flexibility index (Phi) is 5.89. The number of nitrogen functional groups attached to an aromatic ring is 1. The number of benzene rings is 1. The van der Waals surface area contributed by atoms with Gasteiger partial charge in [0.25, 0.3) is 0 Å². The molecule has 6 nitrogen and oxygen atoms in total. The number of hydrogen-bond acceptors (Lipinski definition) is 6. The highest BCUT2D eigenvalue weighted by Crippen LogP contribution is 2.17. The molecule has 3 rings (SSSR count). The van der Waals surface area contributed by atoms with Gasteiger partial charge in [-0.1, -0.05) is 23.9 Å². The summed E-state index contributed by atoms with van der Waals surface area (Å²) >= 11 is 2.85. The fourth-order valence-electron chi connectivity index (χ4n) is 2.29. The number of hydrogen-bond donors (Lipinski definition) is 1. The van der Waals surface area contributed by atoms with E-state index in [1.807, 2.05) is 16.8 Å². The van der Waals surface area contributed by atoms with Crippen LogP contribution in [0, 0.1) is 5.82 Å². The van der Waals surface area contributed by atoms with Gasteiger partial charge < -0.3 is 10.7 Å². The van der Waals surface area contributed by atoms with Crippen molar-refractivity contribution < 1.29 is 9.18 Å². The topological polar surface area (TPSA) is 77.0 Å². The van der Waals surface area contributed by atoms with E-state index in [-0.39, 0.29) is 17.5 Å². The molecule has 0 aliphatic rings. The van der Waals surface area contributed by atoms with Gasteiger partial charge in [0.05, 0.1) is 5.75 Å². The molecular formula is C17H18FN5OS2. The molecule has 0 atom stereocenters. The highest BCUT2D eigenvalue weighted by Gasteiger charge is 2.15. The van der Waals surface area contributed by atoms with E-state index < -0.39 is 0 Å². The minimum absolute atomic E-state index is 0.00992. The van der Waals surface area contributed by atoms with Crippen molar-refractivity contribution in [3.8, 4) is 0 Å². The largest absolute Gasteiger partial charge is 0.341 e. The molecule has 2 aromatic heterocycles. The van der Waals surface area contributed by atoms with Crippen LogP contribution in [0.3, 0.4) is 0 Å². The third kappa shape index (κ3) is 4.61. The summed E-state index contributed by atoms with van der Waals surface area (Å²) < 4.78 is 14.3. The van der Waals surface area contributed by atoms with E-state index in [2.05, 4.69) is 10.2 Å². The number of nitrogens with zero attached hydrogens (tertiary/aromatic N) is 4. The molecule has 3 aromatic rings. The molecule has 0 bridgehead atoms. The van der Waals surface area contributed by atoms with Crippen LogP contribution >= 0.6 is 23.1 Å². The van der Waals surface area contributed by atoms with Crippen molar-refractivity contribution in [3.05, 3.63) is 63.9 Å². The van der Waals surface area contributed by atoms with E-state index in [0.29, 0.717) is 23.9 Å². The van der Waals surface area contributed by atoms with Gasteiger partial charge in [0.2, 0.25) is 11.1 Å². The number of carbonyl (C=O) groups excluding carboxylic acids is 1. The van der Waals surface area contributed by atoms with Gasteiger partial charge in [-0.05, 0) is 40.1 Å². The first kappa shape index (κ1) is 18.4. The van der Waals surface area contributed by atoms with Gasteiger partial charge in [-0.2, -0.15) is 11.3 Å². The molecular weight excluding hydrogens is 373 g/mol. The van der Waals surface area contributed by atoms with E-state index >= 15 is 0 Å². The van der Waals surface area contributed by atoms with Crippen molar-refractivity contribution in [3.63, 3.8) is 0 Å². The molecule has 0 aliphatic carbocycles. The van der Waals surface area contributed by atoms with Crippen LogP contribution < -0.4 is 5.84 Å². The zero-order valence-corrected chi connectivity index (χ0v) is 15.8. The van der Waals surface area contributed by atoms with E-state index in [4.69, 9.17) is 5.84 Å². The van der Waals surface area contributed by atoms with Gasteiger partial charge >= 0.3 is 0 Å². The Balaban J connectivity index is 1.56. The molecule has 1 amide bonds. The second kappa shape index (κ2) is 8.33. The molecule has 0 saturated carbocycles. The minimum Gasteiger partial charge on any atom is -0.341 e. The van der Waals surface area contributed by atoms with E-state index in [1.165, 1.54) is 28.6 Å². The van der Waals surface area contributed by atoms with Crippen LogP contribution in [-0.2, 0) is 17.8 Å². The molecule has 1 aromatic carbocycles. The second-order valence-electron chi connectivity index (χ2n) is 5.74. The quantitative estimate of drug-likeness (QED) is 0.495. The Labute approximate surface area is 158 Å². The lowest BCUT2D eigenvalue weighted by atomic mass is 10.1. The Hall–Kier alpha value is -2.39. The number of aromatic nitrogens is 3. The van der Waals surface area contributed by atoms with Crippen molar-refractivity contribution in [2.45, 2.75) is 18.1 Å². The van der Waals surface area contributed by atoms with E-state index in [9.17, 15) is 9.18 Å². The first-order valence-corrected chi connectivity index (χ1v) is 9.77. The van der Waals surface area contributed by atoms with Gasteiger partial charge in [0.15, 0.2) is 5.82 Å². The average Bonchev–Trinajstić information content (AvgIpc) is 3.26. The van der Waals surface area contributed by atoms with E-state index in [1.54, 1.807) is 35.4 Å². The summed E-state index contributed by atoms with van der Waals surface area (Å²) in [5, 5.41) is 12.6. The Morgan fingerprint density at radius 3 is 2.73 bits per heavy atom. The van der Waals surface area contributed by atoms with Crippen molar-refractivity contribution in [2.75, 3.05) is 18.6 Å². The molecule has 0 spiro atoms. The lowest BCUT2D eigenvalue weighted by molar-refractivity contribution is -0.127. The summed E-state index contributed by atoms with van der Waals surface area (Å²) in [4.78, 5) is 13.9. The number of carbonyl (C=O) groups is 1. The Morgan fingerprint density at radius 2 is 2.04 bits per heavy atom. The lowest BCUT2D eigenvalue weighted by Gasteiger charge is -2.15. The molecule has 136 valence electrons. The first-order chi connectivity index (χ1) is 12.5. The summed E-state index contributed by atoms with van der Waals surface area (Å²) in [6, 6.07) is 8.15. The van der Waals surface area contributed by atoms with Crippen molar-refractivity contribution in [2.24, 2.45) is 0 Å². The number of halogens is 1. The fourth-order valence-corrected chi connectivity index (χ4v) is 3.77. The van der Waals surface area contributed by atoms with Gasteiger partial charge in [-0.25, -0.2) is 9.07 Å². The summed E-state index contributed by atoms with van der Waals surface area (Å²) in [6.07, 6.45) is 0.441. The van der Waals surface area contributed by atoms with Crippen molar-refractivity contribution >= 4 is 29.0 Å². The van der Waals surface area contributed by atoms with Crippen LogP contribution in [-0.4, -0.2) is 38.5 Å². The normalized spacial score (nSPS) is 10.8. The molecule has 2 heterocycles. The first-order valence-electron chi connectivity index (χ1n) is 7.84. The lowest BCUT2D eigenvalue weighted by Crippen LogP contribution is -2.28. The highest BCUT2D eigenvalue weighted by molar-refractivity contribution is 7.99. The fraction of sp³-hybridized carbons (Fsp3) is 0.235. The van der Waals surface area contributed by atoms with Gasteiger partial charge in [0, 0.05) is 20.0 Å². The maximum Gasteiger partial charge on any atom is 0.233 e. The van der Waals surface area contributed by atoms with E-state index in [0.717, 1.165) is 11.1 Å². The second-order valence-corrected chi connectivity index (χ2v) is 7.46.